The van der Waals surface area contributed by atoms with Gasteiger partial charge in [0.15, 0.2) is 5.96 Å². The molecule has 1 aliphatic rings. The summed E-state index contributed by atoms with van der Waals surface area (Å²) in [5.74, 6) is 0.844. The second-order valence-electron chi connectivity index (χ2n) is 6.46. The molecule has 0 aromatic heterocycles. The Morgan fingerprint density at radius 2 is 1.81 bits per heavy atom. The first-order valence-corrected chi connectivity index (χ1v) is 9.80. The molecule has 2 N–H and O–H groups in total. The Bertz CT molecular complexity index is 780. The minimum atomic E-state index is 0. The fourth-order valence-electron chi connectivity index (χ4n) is 2.63. The third-order valence-corrected chi connectivity index (χ3v) is 5.80. The van der Waals surface area contributed by atoms with Crippen molar-refractivity contribution in [3.05, 3.63) is 65.7 Å². The summed E-state index contributed by atoms with van der Waals surface area (Å²) in [7, 11) is 0. The van der Waals surface area contributed by atoms with E-state index >= 15 is 0 Å². The molecule has 0 amide bonds. The minimum Gasteiger partial charge on any atom is -0.357 e. The summed E-state index contributed by atoms with van der Waals surface area (Å²) >= 11 is 1.96. The number of aliphatic imine (C=N–C) groups is 1. The van der Waals surface area contributed by atoms with Gasteiger partial charge in [-0.25, -0.2) is 4.99 Å². The lowest BCUT2D eigenvalue weighted by molar-refractivity contribution is 0.769. The fraction of sp³-hybridized carbons (Fsp3) is 0.333. The van der Waals surface area contributed by atoms with Crippen molar-refractivity contribution in [2.75, 3.05) is 13.1 Å². The molecule has 0 radical (unpaired) electrons. The van der Waals surface area contributed by atoms with E-state index in [0.29, 0.717) is 12.1 Å². The van der Waals surface area contributed by atoms with Crippen molar-refractivity contribution < 1.29 is 0 Å². The van der Waals surface area contributed by atoms with E-state index in [9.17, 15) is 0 Å². The number of thioether (sulfide) groups is 1. The number of rotatable bonds is 7. The van der Waals surface area contributed by atoms with Gasteiger partial charge in [0.25, 0.3) is 0 Å². The van der Waals surface area contributed by atoms with E-state index in [1.54, 1.807) is 0 Å². The van der Waals surface area contributed by atoms with Crippen molar-refractivity contribution in [3.63, 3.8) is 0 Å². The van der Waals surface area contributed by atoms with Gasteiger partial charge in [-0.2, -0.15) is 5.26 Å². The van der Waals surface area contributed by atoms with E-state index in [0.717, 1.165) is 24.6 Å². The summed E-state index contributed by atoms with van der Waals surface area (Å²) in [5.41, 5.74) is 1.78. The third-order valence-electron chi connectivity index (χ3n) is 4.31. The number of hydrogen-bond acceptors (Lipinski definition) is 3. The molecule has 1 aliphatic carbocycles. The van der Waals surface area contributed by atoms with Gasteiger partial charge < -0.3 is 10.6 Å². The summed E-state index contributed by atoms with van der Waals surface area (Å²) < 4.78 is 0.284. The normalized spacial score (nSPS) is 14.6. The van der Waals surface area contributed by atoms with Gasteiger partial charge in [0.05, 0.1) is 18.2 Å². The van der Waals surface area contributed by atoms with Crippen molar-refractivity contribution >= 4 is 41.7 Å². The summed E-state index contributed by atoms with van der Waals surface area (Å²) in [6.45, 7) is 4.41. The van der Waals surface area contributed by atoms with Crippen LogP contribution in [0.25, 0.3) is 0 Å². The zero-order valence-electron chi connectivity index (χ0n) is 15.4. The molecule has 3 rings (SSSR count). The van der Waals surface area contributed by atoms with E-state index in [4.69, 9.17) is 5.26 Å². The van der Waals surface area contributed by atoms with Crippen molar-refractivity contribution in [2.45, 2.75) is 36.0 Å². The number of nitrogens with one attached hydrogen (secondary N) is 2. The molecule has 27 heavy (non-hydrogen) atoms. The molecule has 0 aliphatic heterocycles. The van der Waals surface area contributed by atoms with Crippen LogP contribution in [-0.4, -0.2) is 23.8 Å². The average molecular weight is 492 g/mol. The van der Waals surface area contributed by atoms with E-state index in [-0.39, 0.29) is 28.7 Å². The number of nitrogens with zero attached hydrogens (tertiary/aromatic N) is 2. The SMILES string of the molecule is CCNC(=NCc1ccc(C#N)cc1)NCC1(Sc2ccccc2)CC1.I. The molecule has 0 unspecified atom stereocenters. The first kappa shape index (κ1) is 21.6. The Kier molecular flexibility index (Phi) is 8.45. The zero-order chi connectivity index (χ0) is 18.2. The van der Waals surface area contributed by atoms with Gasteiger partial charge >= 0.3 is 0 Å². The van der Waals surface area contributed by atoms with Crippen LogP contribution in [0.15, 0.2) is 64.5 Å². The molecule has 1 saturated carbocycles. The predicted molar refractivity (Wildman–Crippen MR) is 124 cm³/mol. The lowest BCUT2D eigenvalue weighted by Gasteiger charge is -2.18. The summed E-state index contributed by atoms with van der Waals surface area (Å²) in [6, 6.07) is 20.3. The quantitative estimate of drug-likeness (QED) is 0.338. The number of nitriles is 1. The monoisotopic (exact) mass is 492 g/mol. The molecule has 2 aromatic rings. The highest BCUT2D eigenvalue weighted by atomic mass is 127. The first-order chi connectivity index (χ1) is 12.7. The maximum Gasteiger partial charge on any atom is 0.191 e. The molecule has 0 heterocycles. The van der Waals surface area contributed by atoms with Gasteiger partial charge in [-0.3, -0.25) is 0 Å². The average Bonchev–Trinajstić information content (AvgIpc) is 3.45. The maximum atomic E-state index is 8.87. The first-order valence-electron chi connectivity index (χ1n) is 8.98. The lowest BCUT2D eigenvalue weighted by Crippen LogP contribution is -2.41. The van der Waals surface area contributed by atoms with Gasteiger partial charge in [-0.1, -0.05) is 30.3 Å². The van der Waals surface area contributed by atoms with Gasteiger partial charge in [0.2, 0.25) is 0 Å². The minimum absolute atomic E-state index is 0. The van der Waals surface area contributed by atoms with Crippen LogP contribution in [0.3, 0.4) is 0 Å². The third kappa shape index (κ3) is 6.74. The molecule has 0 bridgehead atoms. The van der Waals surface area contributed by atoms with Crippen LogP contribution in [-0.2, 0) is 6.54 Å². The van der Waals surface area contributed by atoms with Crippen LogP contribution in [0.4, 0.5) is 0 Å². The van der Waals surface area contributed by atoms with Gasteiger partial charge in [-0.15, -0.1) is 35.7 Å². The zero-order valence-corrected chi connectivity index (χ0v) is 18.6. The smallest absolute Gasteiger partial charge is 0.191 e. The molecule has 0 saturated heterocycles. The largest absolute Gasteiger partial charge is 0.357 e. The molecule has 142 valence electrons. The van der Waals surface area contributed by atoms with Gasteiger partial charge in [0.1, 0.15) is 0 Å². The molecule has 0 atom stereocenters. The highest BCUT2D eigenvalue weighted by Gasteiger charge is 2.43. The Balaban J connectivity index is 0.00000261. The van der Waals surface area contributed by atoms with Crippen LogP contribution in [0.1, 0.15) is 30.9 Å². The topological polar surface area (TPSA) is 60.2 Å². The second-order valence-corrected chi connectivity index (χ2v) is 8.00. The van der Waals surface area contributed by atoms with Crippen molar-refractivity contribution in [1.29, 1.82) is 5.26 Å². The Labute approximate surface area is 182 Å². The molecule has 2 aromatic carbocycles. The fourth-order valence-corrected chi connectivity index (χ4v) is 3.88. The number of hydrogen-bond donors (Lipinski definition) is 2. The summed E-state index contributed by atoms with van der Waals surface area (Å²) in [5, 5.41) is 15.7. The van der Waals surface area contributed by atoms with Crippen molar-refractivity contribution in [3.8, 4) is 6.07 Å². The Morgan fingerprint density at radius 1 is 1.11 bits per heavy atom. The van der Waals surface area contributed by atoms with E-state index in [1.165, 1.54) is 17.7 Å². The molecular weight excluding hydrogens is 467 g/mol. The highest BCUT2D eigenvalue weighted by molar-refractivity contribution is 14.0. The van der Waals surface area contributed by atoms with Crippen LogP contribution in [0, 0.1) is 11.3 Å². The van der Waals surface area contributed by atoms with Crippen LogP contribution < -0.4 is 10.6 Å². The molecule has 1 fully saturated rings. The Morgan fingerprint density at radius 3 is 2.41 bits per heavy atom. The highest BCUT2D eigenvalue weighted by Crippen LogP contribution is 2.51. The van der Waals surface area contributed by atoms with E-state index in [2.05, 4.69) is 59.0 Å². The van der Waals surface area contributed by atoms with Gasteiger partial charge in [-0.05, 0) is 49.6 Å². The number of benzene rings is 2. The lowest BCUT2D eigenvalue weighted by atomic mass is 10.1. The summed E-state index contributed by atoms with van der Waals surface area (Å²) in [6.07, 6.45) is 2.46. The molecule has 0 spiro atoms. The van der Waals surface area contributed by atoms with Crippen molar-refractivity contribution in [2.24, 2.45) is 4.99 Å². The molecular formula is C21H25IN4S. The predicted octanol–water partition coefficient (Wildman–Crippen LogP) is 4.56. The van der Waals surface area contributed by atoms with Crippen LogP contribution in [0.5, 0.6) is 0 Å². The second kappa shape index (κ2) is 10.6. The Hall–Kier alpha value is -1.72. The van der Waals surface area contributed by atoms with Gasteiger partial charge in [0, 0.05) is 22.7 Å². The number of guanidine groups is 1. The van der Waals surface area contributed by atoms with Crippen LogP contribution in [0.2, 0.25) is 0 Å². The van der Waals surface area contributed by atoms with E-state index < -0.39 is 0 Å². The standard InChI is InChI=1S/C21H24N4S.HI/c1-2-23-20(24-15-18-10-8-17(14-22)9-11-18)25-16-21(12-13-21)26-19-6-4-3-5-7-19;/h3-11H,2,12-13,15-16H2,1H3,(H2,23,24,25);1H. The summed E-state index contributed by atoms with van der Waals surface area (Å²) in [4.78, 5) is 6.00. The van der Waals surface area contributed by atoms with E-state index in [1.807, 2.05) is 36.0 Å². The maximum absolute atomic E-state index is 8.87. The number of halogens is 1. The molecule has 4 nitrogen and oxygen atoms in total. The van der Waals surface area contributed by atoms with Crippen LogP contribution >= 0.6 is 35.7 Å². The van der Waals surface area contributed by atoms with Crippen molar-refractivity contribution in [1.82, 2.24) is 10.6 Å². The molecule has 6 heteroatoms.